The van der Waals surface area contributed by atoms with Crippen LogP contribution in [0.3, 0.4) is 0 Å². The van der Waals surface area contributed by atoms with E-state index < -0.39 is 11.0 Å². The number of nitrogens with one attached hydrogen (secondary N) is 2. The summed E-state index contributed by atoms with van der Waals surface area (Å²) < 4.78 is 19.7. The first kappa shape index (κ1) is 19.1. The first-order valence-electron chi connectivity index (χ1n) is 9.60. The highest BCUT2D eigenvalue weighted by atomic mass is 19.1. The molecule has 0 unspecified atom stereocenters. The molecule has 2 aromatic carbocycles. The van der Waals surface area contributed by atoms with Crippen LogP contribution in [0.15, 0.2) is 42.5 Å². The maximum atomic E-state index is 14.0. The molecule has 0 aliphatic carbocycles. The molecule has 1 atom stereocenters. The zero-order chi connectivity index (χ0) is 20.4. The van der Waals surface area contributed by atoms with Crippen molar-refractivity contribution in [1.82, 2.24) is 0 Å². The lowest BCUT2D eigenvalue weighted by molar-refractivity contribution is -0.901. The van der Waals surface area contributed by atoms with Crippen molar-refractivity contribution in [1.29, 1.82) is 0 Å². The van der Waals surface area contributed by atoms with Gasteiger partial charge in [0.05, 0.1) is 55.1 Å². The second-order valence-electron chi connectivity index (χ2n) is 7.26. The Morgan fingerprint density at radius 2 is 2.00 bits per heavy atom. The van der Waals surface area contributed by atoms with Crippen LogP contribution in [0.4, 0.5) is 21.5 Å². The zero-order valence-electron chi connectivity index (χ0n) is 15.8. The highest BCUT2D eigenvalue weighted by Crippen LogP contribution is 2.33. The molecule has 0 bridgehead atoms. The van der Waals surface area contributed by atoms with Crippen LogP contribution in [0.2, 0.25) is 0 Å². The number of hydrogen-bond acceptors (Lipinski definition) is 5. The van der Waals surface area contributed by atoms with Crippen LogP contribution < -0.4 is 19.9 Å². The molecule has 29 heavy (non-hydrogen) atoms. The summed E-state index contributed by atoms with van der Waals surface area (Å²) in [6.45, 7) is 3.88. The number of hydrogen-bond donors (Lipinski definition) is 2. The van der Waals surface area contributed by atoms with E-state index >= 15 is 0 Å². The van der Waals surface area contributed by atoms with Gasteiger partial charge in [0.15, 0.2) is 11.9 Å². The van der Waals surface area contributed by atoms with Crippen LogP contribution in [-0.4, -0.2) is 49.7 Å². The van der Waals surface area contributed by atoms with Gasteiger partial charge in [0.1, 0.15) is 5.82 Å². The molecule has 2 N–H and O–H groups in total. The van der Waals surface area contributed by atoms with Gasteiger partial charge in [-0.1, -0.05) is 12.1 Å². The Hall–Kier alpha value is -3.20. The number of para-hydroxylation sites is 1. The summed E-state index contributed by atoms with van der Waals surface area (Å²) >= 11 is 0. The zero-order valence-corrected chi connectivity index (χ0v) is 15.8. The number of halogens is 1. The second kappa shape index (κ2) is 8.04. The Morgan fingerprint density at radius 3 is 2.72 bits per heavy atom. The van der Waals surface area contributed by atoms with Crippen LogP contribution in [0.5, 0.6) is 5.75 Å². The predicted octanol–water partition coefficient (Wildman–Crippen LogP) is 1.23. The normalized spacial score (nSPS) is 19.3. The van der Waals surface area contributed by atoms with Gasteiger partial charge in [0, 0.05) is 12.5 Å². The van der Waals surface area contributed by atoms with Gasteiger partial charge in [-0.2, -0.15) is 0 Å². The Bertz CT molecular complexity index is 930. The van der Waals surface area contributed by atoms with Crippen molar-refractivity contribution < 1.29 is 23.7 Å². The van der Waals surface area contributed by atoms with Gasteiger partial charge in [-0.05, 0) is 18.2 Å². The molecule has 1 saturated heterocycles. The molecule has 9 heteroatoms. The minimum absolute atomic E-state index is 0.0754. The van der Waals surface area contributed by atoms with E-state index in [9.17, 15) is 19.3 Å². The number of piperazine rings is 1. The van der Waals surface area contributed by atoms with Crippen molar-refractivity contribution in [3.63, 3.8) is 0 Å². The van der Waals surface area contributed by atoms with Gasteiger partial charge in [0.2, 0.25) is 0 Å². The molecule has 1 fully saturated rings. The third-order valence-electron chi connectivity index (χ3n) is 5.42. The van der Waals surface area contributed by atoms with E-state index in [2.05, 4.69) is 5.32 Å². The lowest BCUT2D eigenvalue weighted by Crippen LogP contribution is -3.15. The molecular formula is C20H22FN4O4+. The summed E-state index contributed by atoms with van der Waals surface area (Å²) in [5, 5.41) is 13.7. The number of carbonyl (C=O) groups excluding carboxylic acids is 1. The largest absolute Gasteiger partial charge is 0.478 e. The third kappa shape index (κ3) is 4.14. The third-order valence-corrected chi connectivity index (χ3v) is 5.42. The quantitative estimate of drug-likeness (QED) is 0.581. The molecule has 1 amide bonds. The second-order valence-corrected chi connectivity index (χ2v) is 7.26. The Labute approximate surface area is 167 Å². The molecule has 0 radical (unpaired) electrons. The van der Waals surface area contributed by atoms with E-state index in [4.69, 9.17) is 4.74 Å². The number of carbonyl (C=O) groups is 1. The fourth-order valence-electron chi connectivity index (χ4n) is 3.79. The van der Waals surface area contributed by atoms with E-state index in [0.717, 1.165) is 32.7 Å². The maximum Gasteiger partial charge on any atom is 0.273 e. The number of fused-ring (bicyclic) bond motifs is 1. The van der Waals surface area contributed by atoms with Crippen molar-refractivity contribution in [3.8, 4) is 5.75 Å². The first-order chi connectivity index (χ1) is 14.0. The number of benzene rings is 2. The summed E-state index contributed by atoms with van der Waals surface area (Å²) in [6, 6.07) is 10.9. The predicted molar refractivity (Wildman–Crippen MR) is 105 cm³/mol. The van der Waals surface area contributed by atoms with Crippen LogP contribution >= 0.6 is 0 Å². The standard InChI is InChI=1S/C20H21FN4O4/c21-15-3-1-2-4-17(15)24-11-9-23(10-12-24)8-7-18-20(26)22-16-6-5-14(25(27)28)13-19(16)29-18/h1-6,13,18H,7-12H2,(H,22,26)/p+1/t18-/m0/s1. The lowest BCUT2D eigenvalue weighted by Gasteiger charge is -2.34. The van der Waals surface area contributed by atoms with Crippen LogP contribution in [0, 0.1) is 15.9 Å². The summed E-state index contributed by atoms with van der Waals surface area (Å²) in [5.74, 6) is -0.130. The molecule has 2 heterocycles. The Kier molecular flexibility index (Phi) is 5.30. The molecule has 0 saturated carbocycles. The van der Waals surface area contributed by atoms with Crippen molar-refractivity contribution >= 4 is 23.0 Å². The molecule has 152 valence electrons. The van der Waals surface area contributed by atoms with E-state index in [1.165, 1.54) is 29.2 Å². The van der Waals surface area contributed by atoms with E-state index in [1.54, 1.807) is 12.1 Å². The fourth-order valence-corrected chi connectivity index (χ4v) is 3.79. The minimum Gasteiger partial charge on any atom is -0.478 e. The maximum absolute atomic E-state index is 14.0. The molecule has 2 aliphatic rings. The number of amides is 1. The SMILES string of the molecule is O=C1Nc2ccc([N+](=O)[O-])cc2O[C@H]1CC[NH+]1CCN(c2ccccc2F)CC1. The minimum atomic E-state index is -0.679. The van der Waals surface area contributed by atoms with Gasteiger partial charge in [-0.15, -0.1) is 0 Å². The van der Waals surface area contributed by atoms with Crippen molar-refractivity contribution in [2.75, 3.05) is 42.9 Å². The average molecular weight is 401 g/mol. The molecule has 8 nitrogen and oxygen atoms in total. The summed E-state index contributed by atoms with van der Waals surface area (Å²) in [6.07, 6.45) is -0.176. The number of anilines is 2. The fraction of sp³-hybridized carbons (Fsp3) is 0.350. The average Bonchev–Trinajstić information content (AvgIpc) is 2.72. The summed E-state index contributed by atoms with van der Waals surface area (Å²) in [7, 11) is 0. The molecule has 0 aromatic heterocycles. The van der Waals surface area contributed by atoms with Crippen molar-refractivity contribution in [3.05, 3.63) is 58.4 Å². The van der Waals surface area contributed by atoms with Gasteiger partial charge in [0.25, 0.3) is 11.6 Å². The number of nitrogens with zero attached hydrogens (tertiary/aromatic N) is 2. The molecule has 2 aliphatic heterocycles. The lowest BCUT2D eigenvalue weighted by atomic mass is 10.1. The van der Waals surface area contributed by atoms with Gasteiger partial charge < -0.3 is 19.9 Å². The molecule has 2 aromatic rings. The highest BCUT2D eigenvalue weighted by Gasteiger charge is 2.31. The van der Waals surface area contributed by atoms with E-state index in [1.807, 2.05) is 11.0 Å². The van der Waals surface area contributed by atoms with Gasteiger partial charge >= 0.3 is 0 Å². The van der Waals surface area contributed by atoms with E-state index in [0.29, 0.717) is 23.5 Å². The van der Waals surface area contributed by atoms with Crippen LogP contribution in [0.1, 0.15) is 6.42 Å². The smallest absolute Gasteiger partial charge is 0.273 e. The van der Waals surface area contributed by atoms with Crippen LogP contribution in [-0.2, 0) is 4.79 Å². The van der Waals surface area contributed by atoms with Crippen molar-refractivity contribution in [2.45, 2.75) is 12.5 Å². The molecule has 4 rings (SSSR count). The van der Waals surface area contributed by atoms with E-state index in [-0.39, 0.29) is 17.4 Å². The highest BCUT2D eigenvalue weighted by molar-refractivity contribution is 5.97. The number of quaternary nitrogens is 1. The summed E-state index contributed by atoms with van der Waals surface area (Å²) in [5.41, 5.74) is 0.996. The van der Waals surface area contributed by atoms with Crippen LogP contribution in [0.25, 0.3) is 0 Å². The Balaban J connectivity index is 1.32. The van der Waals surface area contributed by atoms with Gasteiger partial charge in [-0.25, -0.2) is 4.39 Å². The number of nitro groups is 1. The van der Waals surface area contributed by atoms with Gasteiger partial charge in [-0.3, -0.25) is 14.9 Å². The summed E-state index contributed by atoms with van der Waals surface area (Å²) in [4.78, 5) is 26.1. The number of rotatable bonds is 5. The molecule has 0 spiro atoms. The monoisotopic (exact) mass is 401 g/mol. The molecular weight excluding hydrogens is 379 g/mol. The first-order valence-corrected chi connectivity index (χ1v) is 9.60. The number of nitro benzene ring substituents is 1. The number of non-ortho nitro benzene ring substituents is 1. The Morgan fingerprint density at radius 1 is 1.24 bits per heavy atom. The topological polar surface area (TPSA) is 89.1 Å². The number of ether oxygens (including phenoxy) is 1. The van der Waals surface area contributed by atoms with Crippen molar-refractivity contribution in [2.24, 2.45) is 0 Å².